The molecule has 14 heavy (non-hydrogen) atoms. The van der Waals surface area contributed by atoms with Crippen LogP contribution in [-0.2, 0) is 0 Å². The summed E-state index contributed by atoms with van der Waals surface area (Å²) in [4.78, 5) is 1.20. The first-order valence-electron chi connectivity index (χ1n) is 4.78. The van der Waals surface area contributed by atoms with Crippen LogP contribution in [0.5, 0.6) is 0 Å². The summed E-state index contributed by atoms with van der Waals surface area (Å²) < 4.78 is 1.09. The minimum atomic E-state index is -0.177. The number of thioether (sulfide) groups is 1. The number of halogens is 1. The quantitative estimate of drug-likeness (QED) is 0.827. The van der Waals surface area contributed by atoms with Crippen molar-refractivity contribution in [2.24, 2.45) is 0 Å². The van der Waals surface area contributed by atoms with Crippen LogP contribution in [0, 0.1) is 0 Å². The first kappa shape index (κ1) is 12.1. The molecule has 0 aromatic heterocycles. The van der Waals surface area contributed by atoms with Crippen molar-refractivity contribution in [3.8, 4) is 0 Å². The van der Waals surface area contributed by atoms with Gasteiger partial charge >= 0.3 is 0 Å². The highest BCUT2D eigenvalue weighted by Gasteiger charge is 2.03. The van der Waals surface area contributed by atoms with Gasteiger partial charge in [0, 0.05) is 15.1 Å². The fourth-order valence-electron chi connectivity index (χ4n) is 1.17. The van der Waals surface area contributed by atoms with E-state index in [0.717, 1.165) is 23.1 Å². The highest BCUT2D eigenvalue weighted by atomic mass is 79.9. The Morgan fingerprint density at radius 2 is 2.29 bits per heavy atom. The number of aliphatic hydroxyl groups is 1. The van der Waals surface area contributed by atoms with E-state index >= 15 is 0 Å². The van der Waals surface area contributed by atoms with Crippen molar-refractivity contribution in [3.63, 3.8) is 0 Å². The Balaban J connectivity index is 2.37. The molecule has 0 aliphatic rings. The van der Waals surface area contributed by atoms with Crippen LogP contribution in [-0.4, -0.2) is 17.0 Å². The summed E-state index contributed by atoms with van der Waals surface area (Å²) in [6.45, 7) is 2.09. The molecule has 0 aliphatic heterocycles. The summed E-state index contributed by atoms with van der Waals surface area (Å²) >= 11 is 5.13. The standard InChI is InChI=1S/C11H15BrOS/c1-2-4-10(13)8-14-11-6-3-5-9(12)7-11/h3,5-7,10,13H,2,4,8H2,1H3. The van der Waals surface area contributed by atoms with Gasteiger partial charge in [0.25, 0.3) is 0 Å². The minimum Gasteiger partial charge on any atom is -0.392 e. The van der Waals surface area contributed by atoms with Crippen LogP contribution >= 0.6 is 27.7 Å². The van der Waals surface area contributed by atoms with E-state index in [-0.39, 0.29) is 6.10 Å². The predicted octanol–water partition coefficient (Wildman–Crippen LogP) is 3.70. The summed E-state index contributed by atoms with van der Waals surface area (Å²) in [6.07, 6.45) is 1.75. The molecular weight excluding hydrogens is 260 g/mol. The van der Waals surface area contributed by atoms with E-state index in [2.05, 4.69) is 35.0 Å². The molecule has 0 saturated carbocycles. The topological polar surface area (TPSA) is 20.2 Å². The molecule has 1 N–H and O–H groups in total. The molecule has 1 aromatic rings. The lowest BCUT2D eigenvalue weighted by atomic mass is 10.2. The summed E-state index contributed by atoms with van der Waals surface area (Å²) in [5, 5.41) is 9.55. The van der Waals surface area contributed by atoms with Crippen molar-refractivity contribution in [1.29, 1.82) is 0 Å². The molecule has 0 radical (unpaired) electrons. The van der Waals surface area contributed by atoms with Gasteiger partial charge in [0.15, 0.2) is 0 Å². The molecule has 0 fully saturated rings. The molecule has 1 aromatic carbocycles. The monoisotopic (exact) mass is 274 g/mol. The van der Waals surface area contributed by atoms with E-state index in [0.29, 0.717) is 0 Å². The molecule has 0 bridgehead atoms. The number of aliphatic hydroxyl groups excluding tert-OH is 1. The average molecular weight is 275 g/mol. The summed E-state index contributed by atoms with van der Waals surface area (Å²) in [6, 6.07) is 8.16. The molecule has 0 heterocycles. The van der Waals surface area contributed by atoms with Crippen LogP contribution in [0.1, 0.15) is 19.8 Å². The van der Waals surface area contributed by atoms with Gasteiger partial charge in [-0.1, -0.05) is 35.3 Å². The molecule has 0 saturated heterocycles. The van der Waals surface area contributed by atoms with Gasteiger partial charge in [-0.05, 0) is 24.6 Å². The van der Waals surface area contributed by atoms with Gasteiger partial charge in [-0.3, -0.25) is 0 Å². The third kappa shape index (κ3) is 4.49. The normalized spacial score (nSPS) is 12.8. The van der Waals surface area contributed by atoms with E-state index in [9.17, 15) is 5.11 Å². The highest BCUT2D eigenvalue weighted by molar-refractivity contribution is 9.10. The lowest BCUT2D eigenvalue weighted by molar-refractivity contribution is 0.188. The average Bonchev–Trinajstić information content (AvgIpc) is 2.15. The number of benzene rings is 1. The summed E-state index contributed by atoms with van der Waals surface area (Å²) in [5.41, 5.74) is 0. The minimum absolute atomic E-state index is 0.177. The summed E-state index contributed by atoms with van der Waals surface area (Å²) in [5.74, 6) is 0.782. The van der Waals surface area contributed by atoms with Crippen LogP contribution < -0.4 is 0 Å². The maximum absolute atomic E-state index is 9.55. The Labute approximate surface area is 98.0 Å². The summed E-state index contributed by atoms with van der Waals surface area (Å²) in [7, 11) is 0. The van der Waals surface area contributed by atoms with E-state index < -0.39 is 0 Å². The second kappa shape index (κ2) is 6.49. The molecule has 3 heteroatoms. The fourth-order valence-corrected chi connectivity index (χ4v) is 2.65. The van der Waals surface area contributed by atoms with Crippen LogP contribution in [0.25, 0.3) is 0 Å². The second-order valence-electron chi connectivity index (χ2n) is 3.21. The second-order valence-corrected chi connectivity index (χ2v) is 5.22. The van der Waals surface area contributed by atoms with Gasteiger partial charge in [-0.15, -0.1) is 11.8 Å². The van der Waals surface area contributed by atoms with Crippen LogP contribution in [0.3, 0.4) is 0 Å². The third-order valence-corrected chi connectivity index (χ3v) is 3.49. The van der Waals surface area contributed by atoms with Crippen molar-refractivity contribution in [2.45, 2.75) is 30.8 Å². The van der Waals surface area contributed by atoms with Crippen LogP contribution in [0.2, 0.25) is 0 Å². The Morgan fingerprint density at radius 3 is 2.93 bits per heavy atom. The molecule has 0 spiro atoms. The molecule has 1 rings (SSSR count). The van der Waals surface area contributed by atoms with Crippen LogP contribution in [0.15, 0.2) is 33.6 Å². The zero-order valence-electron chi connectivity index (χ0n) is 8.24. The highest BCUT2D eigenvalue weighted by Crippen LogP contribution is 2.23. The zero-order valence-corrected chi connectivity index (χ0v) is 10.6. The largest absolute Gasteiger partial charge is 0.392 e. The van der Waals surface area contributed by atoms with E-state index in [1.165, 1.54) is 4.90 Å². The molecule has 78 valence electrons. The van der Waals surface area contributed by atoms with Crippen molar-refractivity contribution in [2.75, 3.05) is 5.75 Å². The zero-order chi connectivity index (χ0) is 10.4. The Bertz CT molecular complexity index is 278. The van der Waals surface area contributed by atoms with Gasteiger partial charge in [0.2, 0.25) is 0 Å². The van der Waals surface area contributed by atoms with Crippen molar-refractivity contribution in [3.05, 3.63) is 28.7 Å². The smallest absolute Gasteiger partial charge is 0.0634 e. The maximum atomic E-state index is 9.55. The molecular formula is C11H15BrOS. The Kier molecular flexibility index (Phi) is 5.60. The predicted molar refractivity (Wildman–Crippen MR) is 65.8 cm³/mol. The fraction of sp³-hybridized carbons (Fsp3) is 0.455. The Morgan fingerprint density at radius 1 is 1.50 bits per heavy atom. The van der Waals surface area contributed by atoms with E-state index in [1.54, 1.807) is 11.8 Å². The van der Waals surface area contributed by atoms with Crippen molar-refractivity contribution < 1.29 is 5.11 Å². The number of rotatable bonds is 5. The molecule has 1 nitrogen and oxygen atoms in total. The van der Waals surface area contributed by atoms with Gasteiger partial charge in [0.1, 0.15) is 0 Å². The van der Waals surface area contributed by atoms with Gasteiger partial charge < -0.3 is 5.11 Å². The van der Waals surface area contributed by atoms with E-state index in [1.807, 2.05) is 12.1 Å². The van der Waals surface area contributed by atoms with Gasteiger partial charge in [-0.25, -0.2) is 0 Å². The van der Waals surface area contributed by atoms with Gasteiger partial charge in [-0.2, -0.15) is 0 Å². The molecule has 1 atom stereocenters. The van der Waals surface area contributed by atoms with Crippen LogP contribution in [0.4, 0.5) is 0 Å². The van der Waals surface area contributed by atoms with Gasteiger partial charge in [0.05, 0.1) is 6.10 Å². The third-order valence-electron chi connectivity index (χ3n) is 1.86. The molecule has 0 aliphatic carbocycles. The SMILES string of the molecule is CCCC(O)CSc1cccc(Br)c1. The first-order chi connectivity index (χ1) is 6.72. The lowest BCUT2D eigenvalue weighted by Gasteiger charge is -2.08. The maximum Gasteiger partial charge on any atom is 0.0634 e. The molecule has 1 unspecified atom stereocenters. The first-order valence-corrected chi connectivity index (χ1v) is 6.56. The van der Waals surface area contributed by atoms with Crippen molar-refractivity contribution in [1.82, 2.24) is 0 Å². The molecule has 0 amide bonds. The number of hydrogen-bond donors (Lipinski definition) is 1. The Hall–Kier alpha value is 0.01000. The number of hydrogen-bond acceptors (Lipinski definition) is 2. The van der Waals surface area contributed by atoms with Crippen molar-refractivity contribution >= 4 is 27.7 Å². The lowest BCUT2D eigenvalue weighted by Crippen LogP contribution is -2.08. The van der Waals surface area contributed by atoms with E-state index in [4.69, 9.17) is 0 Å².